The third-order valence-electron chi connectivity index (χ3n) is 4.04. The van der Waals surface area contributed by atoms with E-state index in [0.717, 1.165) is 12.8 Å². The van der Waals surface area contributed by atoms with Crippen molar-refractivity contribution in [1.82, 2.24) is 0 Å². The molecule has 1 aromatic carbocycles. The zero-order valence-electron chi connectivity index (χ0n) is 13.8. The lowest BCUT2D eigenvalue weighted by atomic mass is 10.0. The predicted octanol–water partition coefficient (Wildman–Crippen LogP) is 5.59. The van der Waals surface area contributed by atoms with Crippen molar-refractivity contribution in [3.8, 4) is 11.5 Å². The molecular weight excluding hydrogens is 276 g/mol. The van der Waals surface area contributed by atoms with E-state index in [9.17, 15) is 15.0 Å². The molecule has 0 heterocycles. The molecule has 0 amide bonds. The maximum absolute atomic E-state index is 12.0. The van der Waals surface area contributed by atoms with E-state index in [1.165, 1.54) is 69.6 Å². The summed E-state index contributed by atoms with van der Waals surface area (Å²) in [5, 5.41) is 18.9. The fraction of sp³-hybridized carbons (Fsp3) is 0.632. The molecule has 3 heteroatoms. The zero-order chi connectivity index (χ0) is 16.2. The number of phenolic OH excluding ortho intramolecular Hbond substituents is 2. The van der Waals surface area contributed by atoms with E-state index in [0.29, 0.717) is 12.0 Å². The summed E-state index contributed by atoms with van der Waals surface area (Å²) in [6.45, 7) is 2.24. The lowest BCUT2D eigenvalue weighted by Gasteiger charge is -2.05. The molecule has 1 aromatic rings. The van der Waals surface area contributed by atoms with Crippen LogP contribution in [-0.4, -0.2) is 16.0 Å². The number of hydrogen-bond acceptors (Lipinski definition) is 3. The number of carbonyl (C=O) groups is 1. The van der Waals surface area contributed by atoms with Crippen LogP contribution < -0.4 is 0 Å². The van der Waals surface area contributed by atoms with Crippen molar-refractivity contribution < 1.29 is 15.0 Å². The number of carbonyl (C=O) groups excluding carboxylic acids is 1. The summed E-state index contributed by atoms with van der Waals surface area (Å²) < 4.78 is 0. The Kier molecular flexibility index (Phi) is 9.36. The van der Waals surface area contributed by atoms with Crippen molar-refractivity contribution in [1.29, 1.82) is 0 Å². The van der Waals surface area contributed by atoms with Gasteiger partial charge in [-0.3, -0.25) is 4.79 Å². The van der Waals surface area contributed by atoms with Crippen LogP contribution in [0.15, 0.2) is 18.2 Å². The van der Waals surface area contributed by atoms with Crippen molar-refractivity contribution in [2.75, 3.05) is 0 Å². The first-order valence-electron chi connectivity index (χ1n) is 8.70. The quantitative estimate of drug-likeness (QED) is 0.391. The van der Waals surface area contributed by atoms with Gasteiger partial charge in [-0.2, -0.15) is 0 Å². The van der Waals surface area contributed by atoms with E-state index in [-0.39, 0.29) is 17.3 Å². The molecule has 0 aliphatic heterocycles. The van der Waals surface area contributed by atoms with Crippen molar-refractivity contribution in [2.45, 2.75) is 77.6 Å². The van der Waals surface area contributed by atoms with Gasteiger partial charge in [0.2, 0.25) is 0 Å². The highest BCUT2D eigenvalue weighted by Gasteiger charge is 2.11. The SMILES string of the molecule is CCCCCCCCCCCCC(=O)c1ccc(O)cc1O. The number of Topliss-reactive ketones (excluding diaryl/α,β-unsaturated/α-hetero) is 1. The van der Waals surface area contributed by atoms with E-state index < -0.39 is 0 Å². The highest BCUT2D eigenvalue weighted by Crippen LogP contribution is 2.24. The van der Waals surface area contributed by atoms with Gasteiger partial charge < -0.3 is 10.2 Å². The molecule has 0 bridgehead atoms. The summed E-state index contributed by atoms with van der Waals surface area (Å²) in [5.74, 6) is -0.192. The van der Waals surface area contributed by atoms with Gasteiger partial charge in [-0.05, 0) is 18.6 Å². The fourth-order valence-corrected chi connectivity index (χ4v) is 2.66. The van der Waals surface area contributed by atoms with Gasteiger partial charge in [-0.25, -0.2) is 0 Å². The second-order valence-electron chi connectivity index (χ2n) is 6.06. The molecule has 0 saturated heterocycles. The Bertz CT molecular complexity index is 440. The van der Waals surface area contributed by atoms with Gasteiger partial charge in [0.25, 0.3) is 0 Å². The minimum Gasteiger partial charge on any atom is -0.508 e. The maximum atomic E-state index is 12.0. The molecule has 0 spiro atoms. The van der Waals surface area contributed by atoms with Gasteiger partial charge in [0, 0.05) is 12.5 Å². The minimum absolute atomic E-state index is 0.0204. The van der Waals surface area contributed by atoms with Crippen molar-refractivity contribution in [2.24, 2.45) is 0 Å². The van der Waals surface area contributed by atoms with E-state index in [1.54, 1.807) is 0 Å². The summed E-state index contributed by atoms with van der Waals surface area (Å²) in [5.41, 5.74) is 0.314. The highest BCUT2D eigenvalue weighted by atomic mass is 16.3. The maximum Gasteiger partial charge on any atom is 0.166 e. The lowest BCUT2D eigenvalue weighted by molar-refractivity contribution is 0.0976. The molecule has 22 heavy (non-hydrogen) atoms. The number of ketones is 1. The average Bonchev–Trinajstić information content (AvgIpc) is 2.49. The third-order valence-corrected chi connectivity index (χ3v) is 4.04. The van der Waals surface area contributed by atoms with Crippen LogP contribution in [0.3, 0.4) is 0 Å². The summed E-state index contributed by atoms with van der Waals surface area (Å²) in [7, 11) is 0. The first kappa shape index (κ1) is 18.5. The summed E-state index contributed by atoms with van der Waals surface area (Å²) >= 11 is 0. The molecule has 0 fully saturated rings. The second kappa shape index (κ2) is 11.1. The number of phenols is 2. The number of aromatic hydroxyl groups is 2. The fourth-order valence-electron chi connectivity index (χ4n) is 2.66. The summed E-state index contributed by atoms with van der Waals surface area (Å²) in [4.78, 5) is 12.0. The zero-order valence-corrected chi connectivity index (χ0v) is 13.8. The van der Waals surface area contributed by atoms with E-state index in [2.05, 4.69) is 6.92 Å². The number of hydrogen-bond donors (Lipinski definition) is 2. The first-order valence-corrected chi connectivity index (χ1v) is 8.70. The van der Waals surface area contributed by atoms with Gasteiger partial charge in [0.05, 0.1) is 5.56 Å². The molecule has 0 atom stereocenters. The molecular formula is C19H30O3. The largest absolute Gasteiger partial charge is 0.508 e. The Labute approximate surface area is 134 Å². The van der Waals surface area contributed by atoms with E-state index in [4.69, 9.17) is 0 Å². The highest BCUT2D eigenvalue weighted by molar-refractivity contribution is 5.98. The van der Waals surface area contributed by atoms with Crippen LogP contribution in [0, 0.1) is 0 Å². The average molecular weight is 306 g/mol. The summed E-state index contributed by atoms with van der Waals surface area (Å²) in [6, 6.07) is 4.14. The van der Waals surface area contributed by atoms with E-state index in [1.807, 2.05) is 0 Å². The molecule has 1 rings (SSSR count). The number of unbranched alkanes of at least 4 members (excludes halogenated alkanes) is 9. The second-order valence-corrected chi connectivity index (χ2v) is 6.06. The standard InChI is InChI=1S/C19H30O3/c1-2-3-4-5-6-7-8-9-10-11-12-18(21)17-14-13-16(20)15-19(17)22/h13-15,20,22H,2-12H2,1H3. The molecule has 0 aliphatic rings. The van der Waals surface area contributed by atoms with E-state index >= 15 is 0 Å². The van der Waals surface area contributed by atoms with Gasteiger partial charge in [-0.15, -0.1) is 0 Å². The van der Waals surface area contributed by atoms with Gasteiger partial charge in [0.15, 0.2) is 5.78 Å². The molecule has 2 N–H and O–H groups in total. The molecule has 0 radical (unpaired) electrons. The number of rotatable bonds is 12. The van der Waals surface area contributed by atoms with Crippen LogP contribution in [0.5, 0.6) is 11.5 Å². The van der Waals surface area contributed by atoms with Crippen molar-refractivity contribution in [3.05, 3.63) is 23.8 Å². The first-order chi connectivity index (χ1) is 10.6. The smallest absolute Gasteiger partial charge is 0.166 e. The third kappa shape index (κ3) is 7.48. The topological polar surface area (TPSA) is 57.5 Å². The van der Waals surface area contributed by atoms with Crippen LogP contribution in [-0.2, 0) is 0 Å². The van der Waals surface area contributed by atoms with Crippen molar-refractivity contribution in [3.63, 3.8) is 0 Å². The Balaban J connectivity index is 2.06. The summed E-state index contributed by atoms with van der Waals surface area (Å²) in [6.07, 6.45) is 12.8. The van der Waals surface area contributed by atoms with Gasteiger partial charge in [-0.1, -0.05) is 64.7 Å². The molecule has 0 unspecified atom stereocenters. The van der Waals surface area contributed by atoms with Crippen molar-refractivity contribution >= 4 is 5.78 Å². The molecule has 124 valence electrons. The van der Waals surface area contributed by atoms with Crippen LogP contribution in [0.2, 0.25) is 0 Å². The van der Waals surface area contributed by atoms with Crippen LogP contribution >= 0.6 is 0 Å². The monoisotopic (exact) mass is 306 g/mol. The predicted molar refractivity (Wildman–Crippen MR) is 90.6 cm³/mol. The Morgan fingerprint density at radius 3 is 1.95 bits per heavy atom. The Morgan fingerprint density at radius 2 is 1.41 bits per heavy atom. The molecule has 0 saturated carbocycles. The van der Waals surface area contributed by atoms with Gasteiger partial charge in [0.1, 0.15) is 11.5 Å². The van der Waals surface area contributed by atoms with Crippen LogP contribution in [0.25, 0.3) is 0 Å². The normalized spacial score (nSPS) is 10.8. The minimum atomic E-state index is -0.128. The van der Waals surface area contributed by atoms with Crippen LogP contribution in [0.1, 0.15) is 87.9 Å². The Hall–Kier alpha value is -1.51. The van der Waals surface area contributed by atoms with Gasteiger partial charge >= 0.3 is 0 Å². The lowest BCUT2D eigenvalue weighted by Crippen LogP contribution is -1.99. The molecule has 3 nitrogen and oxygen atoms in total. The Morgan fingerprint density at radius 1 is 0.864 bits per heavy atom. The van der Waals surface area contributed by atoms with Crippen LogP contribution in [0.4, 0.5) is 0 Å². The molecule has 0 aromatic heterocycles. The number of benzene rings is 1. The molecule has 0 aliphatic carbocycles.